The minimum absolute atomic E-state index is 0.689. The lowest BCUT2D eigenvalue weighted by Crippen LogP contribution is -2.39. The number of likely N-dealkylation sites (tertiary alicyclic amines) is 2. The van der Waals surface area contributed by atoms with Crippen LogP contribution in [0.1, 0.15) is 12.8 Å². The fraction of sp³-hybridized carbons (Fsp3) is 0.455. The van der Waals surface area contributed by atoms with Crippen LogP contribution in [-0.4, -0.2) is 66.5 Å². The van der Waals surface area contributed by atoms with E-state index in [2.05, 4.69) is 9.80 Å². The largest absolute Gasteiger partial charge is 0.492 e. The molecule has 0 atom stereocenters. The van der Waals surface area contributed by atoms with Crippen molar-refractivity contribution in [2.24, 2.45) is 0 Å². The summed E-state index contributed by atoms with van der Waals surface area (Å²) in [5.41, 5.74) is 2.01. The van der Waals surface area contributed by atoms with Crippen LogP contribution in [0.2, 0.25) is 0 Å². The van der Waals surface area contributed by atoms with Gasteiger partial charge < -0.3 is 9.47 Å². The van der Waals surface area contributed by atoms with Crippen molar-refractivity contribution in [1.29, 1.82) is 0 Å². The van der Waals surface area contributed by atoms with Gasteiger partial charge in [0.2, 0.25) is 0 Å². The van der Waals surface area contributed by atoms with E-state index in [1.165, 1.54) is 39.0 Å². The van der Waals surface area contributed by atoms with Gasteiger partial charge in [-0.05, 0) is 75.4 Å². The summed E-state index contributed by atoms with van der Waals surface area (Å²) in [6.07, 6.45) is 2.59. The first-order chi connectivity index (χ1) is 13.8. The molecular weight excluding hydrogens is 372 g/mol. The molecule has 0 radical (unpaired) electrons. The second-order valence-corrected chi connectivity index (χ2v) is 9.09. The number of nitrogens with zero attached hydrogens (tertiary/aromatic N) is 2. The molecule has 5 rings (SSSR count). The molecule has 0 spiro atoms. The summed E-state index contributed by atoms with van der Waals surface area (Å²) in [5.74, 6) is 1.68. The van der Waals surface area contributed by atoms with E-state index in [1.54, 1.807) is 0 Å². The normalized spacial score (nSPS) is 18.9. The highest BCUT2D eigenvalue weighted by atomic mass is 32.2. The van der Waals surface area contributed by atoms with E-state index in [0.717, 1.165) is 45.5 Å². The molecule has 0 saturated carbocycles. The molecule has 148 valence electrons. The number of ether oxygens (including phenoxy) is 2. The Balaban J connectivity index is 1.29. The van der Waals surface area contributed by atoms with E-state index in [9.17, 15) is 4.21 Å². The molecule has 2 aromatic carbocycles. The first kappa shape index (κ1) is 18.2. The summed E-state index contributed by atoms with van der Waals surface area (Å²) in [5, 5.41) is 0. The zero-order valence-corrected chi connectivity index (χ0v) is 16.9. The Bertz CT molecular complexity index is 822. The summed E-state index contributed by atoms with van der Waals surface area (Å²) in [7, 11) is -1.13. The third-order valence-corrected chi connectivity index (χ3v) is 7.35. The van der Waals surface area contributed by atoms with Crippen LogP contribution in [0.15, 0.2) is 46.2 Å². The summed E-state index contributed by atoms with van der Waals surface area (Å²) in [6.45, 7) is 8.04. The van der Waals surface area contributed by atoms with Crippen LogP contribution >= 0.6 is 0 Å². The molecule has 28 heavy (non-hydrogen) atoms. The minimum Gasteiger partial charge on any atom is -0.492 e. The molecule has 0 unspecified atom stereocenters. The van der Waals surface area contributed by atoms with Crippen molar-refractivity contribution in [1.82, 2.24) is 9.80 Å². The lowest BCUT2D eigenvalue weighted by Gasteiger charge is -2.30. The van der Waals surface area contributed by atoms with Gasteiger partial charge in [0.25, 0.3) is 0 Å². The van der Waals surface area contributed by atoms with E-state index >= 15 is 0 Å². The number of hydrogen-bond acceptors (Lipinski definition) is 5. The van der Waals surface area contributed by atoms with E-state index in [1.807, 2.05) is 36.4 Å². The van der Waals surface area contributed by atoms with Gasteiger partial charge >= 0.3 is 0 Å². The quantitative estimate of drug-likeness (QED) is 0.584. The maximum atomic E-state index is 12.8. The maximum Gasteiger partial charge on any atom is 0.120 e. The molecule has 3 heterocycles. The molecule has 3 aliphatic rings. The predicted molar refractivity (Wildman–Crippen MR) is 110 cm³/mol. The van der Waals surface area contributed by atoms with Gasteiger partial charge in [-0.25, -0.2) is 4.21 Å². The molecule has 6 heteroatoms. The van der Waals surface area contributed by atoms with Crippen molar-refractivity contribution < 1.29 is 13.7 Å². The van der Waals surface area contributed by atoms with Crippen LogP contribution in [0.3, 0.4) is 0 Å². The zero-order valence-electron chi connectivity index (χ0n) is 16.1. The first-order valence-electron chi connectivity index (χ1n) is 10.2. The van der Waals surface area contributed by atoms with E-state index < -0.39 is 10.8 Å². The molecule has 2 aromatic rings. The predicted octanol–water partition coefficient (Wildman–Crippen LogP) is 3.00. The Labute approximate surface area is 168 Å². The third kappa shape index (κ3) is 3.56. The Kier molecular flexibility index (Phi) is 5.09. The molecule has 0 amide bonds. The summed E-state index contributed by atoms with van der Waals surface area (Å²) < 4.78 is 24.7. The van der Waals surface area contributed by atoms with Crippen LogP contribution in [0, 0.1) is 0 Å². The Morgan fingerprint density at radius 3 is 1.61 bits per heavy atom. The fourth-order valence-corrected chi connectivity index (χ4v) is 5.21. The Hall–Kier alpha value is -1.89. The van der Waals surface area contributed by atoms with Crippen LogP contribution in [-0.2, 0) is 10.8 Å². The van der Waals surface area contributed by atoms with Crippen LogP contribution < -0.4 is 9.47 Å². The van der Waals surface area contributed by atoms with Crippen molar-refractivity contribution in [2.45, 2.75) is 22.6 Å². The van der Waals surface area contributed by atoms with Gasteiger partial charge in [-0.3, -0.25) is 9.80 Å². The lowest BCUT2D eigenvalue weighted by molar-refractivity contribution is 0.147. The molecule has 0 aliphatic carbocycles. The molecule has 2 fully saturated rings. The van der Waals surface area contributed by atoms with Gasteiger partial charge in [-0.15, -0.1) is 0 Å². The van der Waals surface area contributed by atoms with Crippen LogP contribution in [0.25, 0.3) is 11.1 Å². The smallest absolute Gasteiger partial charge is 0.120 e. The number of fused-ring (bicyclic) bond motifs is 3. The van der Waals surface area contributed by atoms with Gasteiger partial charge in [0, 0.05) is 24.2 Å². The molecule has 5 nitrogen and oxygen atoms in total. The monoisotopic (exact) mass is 398 g/mol. The van der Waals surface area contributed by atoms with Crippen LogP contribution in [0.5, 0.6) is 11.5 Å². The minimum atomic E-state index is -1.13. The summed E-state index contributed by atoms with van der Waals surface area (Å²) in [4.78, 5) is 6.51. The molecule has 2 saturated heterocycles. The second-order valence-electron chi connectivity index (χ2n) is 7.67. The molecule has 0 bridgehead atoms. The molecular formula is C22H26N2O3S. The first-order valence-corrected chi connectivity index (χ1v) is 11.3. The number of hydrogen-bond donors (Lipinski definition) is 0. The fourth-order valence-electron chi connectivity index (χ4n) is 3.86. The Morgan fingerprint density at radius 1 is 0.750 bits per heavy atom. The van der Waals surface area contributed by atoms with Crippen molar-refractivity contribution >= 4 is 10.8 Å². The lowest BCUT2D eigenvalue weighted by atomic mass is 10.1. The van der Waals surface area contributed by atoms with Crippen molar-refractivity contribution in [3.63, 3.8) is 0 Å². The standard InChI is InChI=1S/C22H26N2O3S/c25-28-21-5-3-17(26-13-11-23-7-1-8-23)15-19(21)20-16-18(4-6-22(20)28)27-14-12-24-9-2-10-24/h3-6,15-16H,1-2,7-14H2. The number of rotatable bonds is 8. The van der Waals surface area contributed by atoms with Crippen molar-refractivity contribution in [3.8, 4) is 22.6 Å². The van der Waals surface area contributed by atoms with Crippen molar-refractivity contribution in [3.05, 3.63) is 36.4 Å². The highest BCUT2D eigenvalue weighted by Gasteiger charge is 2.27. The van der Waals surface area contributed by atoms with Gasteiger partial charge in [0.05, 0.1) is 20.6 Å². The van der Waals surface area contributed by atoms with E-state index in [4.69, 9.17) is 9.47 Å². The van der Waals surface area contributed by atoms with Gasteiger partial charge in [0.15, 0.2) is 0 Å². The third-order valence-electron chi connectivity index (χ3n) is 5.84. The topological polar surface area (TPSA) is 42.0 Å². The van der Waals surface area contributed by atoms with E-state index in [0.29, 0.717) is 13.2 Å². The average molecular weight is 399 g/mol. The Morgan fingerprint density at radius 2 is 1.21 bits per heavy atom. The summed E-state index contributed by atoms with van der Waals surface area (Å²) in [6, 6.07) is 11.8. The van der Waals surface area contributed by atoms with Gasteiger partial charge in [-0.1, -0.05) is 0 Å². The van der Waals surface area contributed by atoms with Gasteiger partial charge in [0.1, 0.15) is 24.7 Å². The van der Waals surface area contributed by atoms with Crippen molar-refractivity contribution in [2.75, 3.05) is 52.5 Å². The number of benzene rings is 2. The maximum absolute atomic E-state index is 12.8. The average Bonchev–Trinajstić information content (AvgIpc) is 2.91. The van der Waals surface area contributed by atoms with Crippen LogP contribution in [0.4, 0.5) is 0 Å². The molecule has 3 aliphatic heterocycles. The SMILES string of the molecule is O=S1c2ccc(OCCN3CCC3)cc2-c2cc(OCCN3CCC3)ccc21. The highest BCUT2D eigenvalue weighted by molar-refractivity contribution is 7.85. The zero-order chi connectivity index (χ0) is 18.9. The molecule has 0 N–H and O–H groups in total. The molecule has 0 aromatic heterocycles. The summed E-state index contributed by atoms with van der Waals surface area (Å²) >= 11 is 0. The van der Waals surface area contributed by atoms with E-state index in [-0.39, 0.29) is 0 Å². The highest BCUT2D eigenvalue weighted by Crippen LogP contribution is 2.43. The van der Waals surface area contributed by atoms with Gasteiger partial charge in [-0.2, -0.15) is 0 Å². The second kappa shape index (κ2) is 7.85.